The summed E-state index contributed by atoms with van der Waals surface area (Å²) in [6, 6.07) is 16.1. The largest absolute Gasteiger partial charge is 0.465 e. The number of hydrogen-bond donors (Lipinski definition) is 2. The van der Waals surface area contributed by atoms with E-state index in [-0.39, 0.29) is 5.91 Å². The zero-order chi connectivity index (χ0) is 19.2. The van der Waals surface area contributed by atoms with Gasteiger partial charge in [0.25, 0.3) is 5.91 Å². The molecule has 2 N–H and O–H groups in total. The lowest BCUT2D eigenvalue weighted by Crippen LogP contribution is -2.12. The number of methoxy groups -OCH3 is 1. The van der Waals surface area contributed by atoms with Crippen LogP contribution >= 0.6 is 0 Å². The molecular formula is C21H19N3O3. The Hall–Kier alpha value is -3.67. The Morgan fingerprint density at radius 3 is 2.19 bits per heavy atom. The van der Waals surface area contributed by atoms with Crippen molar-refractivity contribution in [3.05, 3.63) is 83.7 Å². The SMILES string of the molecule is COC(=O)c1ccc(Nc2cncc(C(=O)Nc3ccc(C)cc3)c2)cc1. The number of anilines is 3. The lowest BCUT2D eigenvalue weighted by molar-refractivity contribution is 0.0600. The van der Waals surface area contributed by atoms with Crippen molar-refractivity contribution in [1.29, 1.82) is 0 Å². The van der Waals surface area contributed by atoms with Gasteiger partial charge in [-0.3, -0.25) is 9.78 Å². The van der Waals surface area contributed by atoms with Crippen LogP contribution in [0.25, 0.3) is 0 Å². The van der Waals surface area contributed by atoms with Gasteiger partial charge >= 0.3 is 5.97 Å². The fourth-order valence-electron chi connectivity index (χ4n) is 2.45. The number of nitrogens with zero attached hydrogens (tertiary/aromatic N) is 1. The van der Waals surface area contributed by atoms with Crippen LogP contribution in [0.2, 0.25) is 0 Å². The van der Waals surface area contributed by atoms with Gasteiger partial charge in [-0.05, 0) is 49.4 Å². The Labute approximate surface area is 157 Å². The number of carbonyl (C=O) groups is 2. The molecule has 0 atom stereocenters. The molecule has 3 aromatic rings. The summed E-state index contributed by atoms with van der Waals surface area (Å²) < 4.78 is 4.68. The molecule has 0 spiro atoms. The van der Waals surface area contributed by atoms with Crippen LogP contribution in [-0.4, -0.2) is 24.0 Å². The van der Waals surface area contributed by atoms with Gasteiger partial charge in [-0.2, -0.15) is 0 Å². The molecule has 0 saturated carbocycles. The maximum absolute atomic E-state index is 12.4. The Balaban J connectivity index is 1.70. The number of aromatic nitrogens is 1. The number of ether oxygens (including phenoxy) is 1. The normalized spacial score (nSPS) is 10.1. The van der Waals surface area contributed by atoms with Crippen molar-refractivity contribution in [2.75, 3.05) is 17.7 Å². The van der Waals surface area contributed by atoms with Crippen LogP contribution in [0.3, 0.4) is 0 Å². The van der Waals surface area contributed by atoms with Crippen molar-refractivity contribution in [3.63, 3.8) is 0 Å². The highest BCUT2D eigenvalue weighted by Crippen LogP contribution is 2.18. The molecule has 2 aromatic carbocycles. The number of amides is 1. The van der Waals surface area contributed by atoms with Crippen molar-refractivity contribution in [1.82, 2.24) is 4.98 Å². The second-order valence-electron chi connectivity index (χ2n) is 5.98. The van der Waals surface area contributed by atoms with E-state index in [0.29, 0.717) is 16.8 Å². The molecule has 0 aliphatic heterocycles. The van der Waals surface area contributed by atoms with E-state index in [9.17, 15) is 9.59 Å². The second-order valence-corrected chi connectivity index (χ2v) is 5.98. The molecule has 0 radical (unpaired) electrons. The minimum atomic E-state index is -0.391. The lowest BCUT2D eigenvalue weighted by atomic mass is 10.2. The average Bonchev–Trinajstić information content (AvgIpc) is 2.70. The summed E-state index contributed by atoms with van der Waals surface area (Å²) in [5.74, 6) is -0.631. The molecule has 1 amide bonds. The van der Waals surface area contributed by atoms with Crippen LogP contribution in [0, 0.1) is 6.92 Å². The van der Waals surface area contributed by atoms with Gasteiger partial charge in [-0.1, -0.05) is 17.7 Å². The van der Waals surface area contributed by atoms with Gasteiger partial charge in [0, 0.05) is 17.6 Å². The van der Waals surface area contributed by atoms with Crippen LogP contribution in [0.4, 0.5) is 17.1 Å². The summed E-state index contributed by atoms with van der Waals surface area (Å²) in [6.07, 6.45) is 3.13. The number of carbonyl (C=O) groups excluding carboxylic acids is 2. The van der Waals surface area contributed by atoms with Crippen molar-refractivity contribution < 1.29 is 14.3 Å². The molecule has 0 aliphatic rings. The lowest BCUT2D eigenvalue weighted by Gasteiger charge is -2.09. The quantitative estimate of drug-likeness (QED) is 0.667. The molecule has 0 bridgehead atoms. The number of aryl methyl sites for hydroxylation is 1. The third-order valence-corrected chi connectivity index (χ3v) is 3.90. The smallest absolute Gasteiger partial charge is 0.337 e. The molecule has 1 aromatic heterocycles. The highest BCUT2D eigenvalue weighted by atomic mass is 16.5. The minimum absolute atomic E-state index is 0.240. The summed E-state index contributed by atoms with van der Waals surface area (Å²) in [7, 11) is 1.34. The predicted octanol–water partition coefficient (Wildman–Crippen LogP) is 4.17. The van der Waals surface area contributed by atoms with Gasteiger partial charge in [0.1, 0.15) is 0 Å². The van der Waals surface area contributed by atoms with Crippen LogP contribution < -0.4 is 10.6 Å². The summed E-state index contributed by atoms with van der Waals surface area (Å²) in [6.45, 7) is 1.99. The zero-order valence-corrected chi connectivity index (χ0v) is 15.0. The van der Waals surface area contributed by atoms with Crippen LogP contribution in [0.5, 0.6) is 0 Å². The average molecular weight is 361 g/mol. The standard InChI is InChI=1S/C21H19N3O3/c1-14-3-7-18(8-4-14)24-20(25)16-11-19(13-22-12-16)23-17-9-5-15(6-10-17)21(26)27-2/h3-13,23H,1-2H3,(H,24,25). The monoisotopic (exact) mass is 361 g/mol. The van der Waals surface area contributed by atoms with Crippen molar-refractivity contribution >= 4 is 28.9 Å². The van der Waals surface area contributed by atoms with E-state index in [1.165, 1.54) is 13.3 Å². The summed E-state index contributed by atoms with van der Waals surface area (Å²) >= 11 is 0. The molecule has 3 rings (SSSR count). The van der Waals surface area contributed by atoms with Gasteiger partial charge < -0.3 is 15.4 Å². The van der Waals surface area contributed by atoms with Gasteiger partial charge in [-0.15, -0.1) is 0 Å². The maximum Gasteiger partial charge on any atom is 0.337 e. The molecule has 0 unspecified atom stereocenters. The number of pyridine rings is 1. The number of nitrogens with one attached hydrogen (secondary N) is 2. The van der Waals surface area contributed by atoms with E-state index in [0.717, 1.165) is 16.9 Å². The zero-order valence-electron chi connectivity index (χ0n) is 15.0. The molecule has 6 heteroatoms. The molecule has 136 valence electrons. The van der Waals surface area contributed by atoms with Crippen molar-refractivity contribution in [2.24, 2.45) is 0 Å². The molecule has 0 saturated heterocycles. The van der Waals surface area contributed by atoms with Crippen LogP contribution in [-0.2, 0) is 4.74 Å². The topological polar surface area (TPSA) is 80.3 Å². The molecule has 27 heavy (non-hydrogen) atoms. The van der Waals surface area contributed by atoms with Gasteiger partial charge in [0.15, 0.2) is 0 Å². The van der Waals surface area contributed by atoms with Gasteiger partial charge in [-0.25, -0.2) is 4.79 Å². The number of esters is 1. The van der Waals surface area contributed by atoms with E-state index in [1.807, 2.05) is 31.2 Å². The van der Waals surface area contributed by atoms with E-state index in [1.54, 1.807) is 36.5 Å². The first-order valence-electron chi connectivity index (χ1n) is 8.33. The van der Waals surface area contributed by atoms with Crippen molar-refractivity contribution in [2.45, 2.75) is 6.92 Å². The highest BCUT2D eigenvalue weighted by molar-refractivity contribution is 6.04. The number of rotatable bonds is 5. The molecule has 6 nitrogen and oxygen atoms in total. The number of hydrogen-bond acceptors (Lipinski definition) is 5. The Morgan fingerprint density at radius 2 is 1.52 bits per heavy atom. The van der Waals surface area contributed by atoms with E-state index in [2.05, 4.69) is 20.4 Å². The van der Waals surface area contributed by atoms with Crippen molar-refractivity contribution in [3.8, 4) is 0 Å². The van der Waals surface area contributed by atoms with Gasteiger partial charge in [0.05, 0.1) is 30.1 Å². The Morgan fingerprint density at radius 1 is 0.852 bits per heavy atom. The minimum Gasteiger partial charge on any atom is -0.465 e. The Bertz CT molecular complexity index is 951. The van der Waals surface area contributed by atoms with E-state index < -0.39 is 5.97 Å². The summed E-state index contributed by atoms with van der Waals surface area (Å²) in [5, 5.41) is 6.00. The molecular weight excluding hydrogens is 342 g/mol. The summed E-state index contributed by atoms with van der Waals surface area (Å²) in [4.78, 5) is 28.0. The molecule has 0 aliphatic carbocycles. The van der Waals surface area contributed by atoms with E-state index in [4.69, 9.17) is 0 Å². The van der Waals surface area contributed by atoms with Crippen LogP contribution in [0.1, 0.15) is 26.3 Å². The third kappa shape index (κ3) is 4.70. The molecule has 0 fully saturated rings. The first kappa shape index (κ1) is 18.1. The first-order valence-corrected chi connectivity index (χ1v) is 8.33. The molecule has 1 heterocycles. The predicted molar refractivity (Wildman–Crippen MR) is 104 cm³/mol. The first-order chi connectivity index (χ1) is 13.0. The second kappa shape index (κ2) is 8.14. The fourth-order valence-corrected chi connectivity index (χ4v) is 2.45. The maximum atomic E-state index is 12.4. The summed E-state index contributed by atoms with van der Waals surface area (Å²) in [5.41, 5.74) is 4.18. The van der Waals surface area contributed by atoms with E-state index >= 15 is 0 Å². The van der Waals surface area contributed by atoms with Gasteiger partial charge in [0.2, 0.25) is 0 Å². The fraction of sp³-hybridized carbons (Fsp3) is 0.0952. The number of benzene rings is 2. The highest BCUT2D eigenvalue weighted by Gasteiger charge is 2.09. The Kier molecular flexibility index (Phi) is 5.47. The van der Waals surface area contributed by atoms with Crippen LogP contribution in [0.15, 0.2) is 67.0 Å². The third-order valence-electron chi connectivity index (χ3n) is 3.90.